The van der Waals surface area contributed by atoms with Gasteiger partial charge in [-0.05, 0) is 19.4 Å². The maximum atomic E-state index is 5.36. The third-order valence-corrected chi connectivity index (χ3v) is 4.77. The molecule has 0 amide bonds. The maximum Gasteiger partial charge on any atom is 0.0620 e. The summed E-state index contributed by atoms with van der Waals surface area (Å²) < 4.78 is 5.36. The van der Waals surface area contributed by atoms with Crippen LogP contribution in [0, 0.1) is 6.92 Å². The van der Waals surface area contributed by atoms with E-state index in [9.17, 15) is 0 Å². The molecule has 0 bridgehead atoms. The highest BCUT2D eigenvalue weighted by atomic mass is 32.2. The van der Waals surface area contributed by atoms with Crippen LogP contribution in [0.3, 0.4) is 0 Å². The number of H-pyrrole nitrogens is 1. The van der Waals surface area contributed by atoms with Gasteiger partial charge in [0, 0.05) is 46.4 Å². The Balaban J connectivity index is 1.57. The number of hydrogen-bond donors (Lipinski definition) is 2. The molecule has 2 N–H and O–H groups in total. The number of para-hydroxylation sites is 1. The Morgan fingerprint density at radius 1 is 1.42 bits per heavy atom. The Hall–Kier alpha value is -0.970. The van der Waals surface area contributed by atoms with Gasteiger partial charge in [0.2, 0.25) is 0 Å². The number of aromatic nitrogens is 1. The van der Waals surface area contributed by atoms with Crippen molar-refractivity contribution in [3.63, 3.8) is 0 Å². The van der Waals surface area contributed by atoms with E-state index in [1.807, 2.05) is 11.8 Å². The molecule has 102 valence electrons. The first-order chi connectivity index (χ1) is 9.34. The fraction of sp³-hybridized carbons (Fsp3) is 0.467. The summed E-state index contributed by atoms with van der Waals surface area (Å²) in [6.07, 6.45) is 1.15. The molecular formula is C15H20N2OS. The van der Waals surface area contributed by atoms with E-state index < -0.39 is 0 Å². The summed E-state index contributed by atoms with van der Waals surface area (Å²) in [5.74, 6) is 1.10. The molecule has 1 unspecified atom stereocenters. The van der Waals surface area contributed by atoms with Gasteiger partial charge in [-0.15, -0.1) is 11.8 Å². The normalized spacial score (nSPS) is 19.3. The zero-order chi connectivity index (χ0) is 13.1. The Morgan fingerprint density at radius 2 is 2.32 bits per heavy atom. The molecule has 1 aromatic heterocycles. The number of aromatic amines is 1. The predicted octanol–water partition coefficient (Wildman–Crippen LogP) is 2.95. The quantitative estimate of drug-likeness (QED) is 0.651. The van der Waals surface area contributed by atoms with E-state index in [2.05, 4.69) is 41.5 Å². The van der Waals surface area contributed by atoms with Gasteiger partial charge in [0.1, 0.15) is 0 Å². The minimum atomic E-state index is 0.560. The standard InChI is InChI=1S/C15H20N2OS/c1-11-15(13-4-2-3-5-14(13)17-11)19-9-7-16-12-6-8-18-10-12/h2-5,12,16-17H,6-10H2,1H3. The summed E-state index contributed by atoms with van der Waals surface area (Å²) in [5.41, 5.74) is 2.51. The van der Waals surface area contributed by atoms with Crippen molar-refractivity contribution in [1.82, 2.24) is 10.3 Å². The molecule has 3 nitrogen and oxygen atoms in total. The molecule has 19 heavy (non-hydrogen) atoms. The van der Waals surface area contributed by atoms with Crippen molar-refractivity contribution in [2.45, 2.75) is 24.3 Å². The molecule has 2 heterocycles. The van der Waals surface area contributed by atoms with Crippen molar-refractivity contribution in [2.24, 2.45) is 0 Å². The largest absolute Gasteiger partial charge is 0.380 e. The van der Waals surface area contributed by atoms with Crippen LogP contribution in [0.1, 0.15) is 12.1 Å². The van der Waals surface area contributed by atoms with E-state index in [0.29, 0.717) is 6.04 Å². The molecule has 0 radical (unpaired) electrons. The lowest BCUT2D eigenvalue weighted by Crippen LogP contribution is -2.30. The van der Waals surface area contributed by atoms with Gasteiger partial charge >= 0.3 is 0 Å². The first-order valence-corrected chi connectivity index (χ1v) is 7.84. The summed E-state index contributed by atoms with van der Waals surface area (Å²) in [6, 6.07) is 9.08. The lowest BCUT2D eigenvalue weighted by molar-refractivity contribution is 0.190. The van der Waals surface area contributed by atoms with Crippen molar-refractivity contribution in [2.75, 3.05) is 25.5 Å². The van der Waals surface area contributed by atoms with E-state index in [-0.39, 0.29) is 0 Å². The molecule has 1 aromatic carbocycles. The molecule has 0 aliphatic carbocycles. The van der Waals surface area contributed by atoms with Crippen LogP contribution >= 0.6 is 11.8 Å². The van der Waals surface area contributed by atoms with Gasteiger partial charge in [-0.25, -0.2) is 0 Å². The third kappa shape index (κ3) is 2.96. The summed E-state index contributed by atoms with van der Waals surface area (Å²) in [7, 11) is 0. The van der Waals surface area contributed by atoms with Crippen LogP contribution < -0.4 is 5.32 Å². The van der Waals surface area contributed by atoms with Crippen molar-refractivity contribution in [1.29, 1.82) is 0 Å². The van der Waals surface area contributed by atoms with Crippen LogP contribution in [0.25, 0.3) is 10.9 Å². The monoisotopic (exact) mass is 276 g/mol. The fourth-order valence-corrected chi connectivity index (χ4v) is 3.57. The Morgan fingerprint density at radius 3 is 3.16 bits per heavy atom. The van der Waals surface area contributed by atoms with E-state index in [4.69, 9.17) is 4.74 Å². The van der Waals surface area contributed by atoms with Crippen molar-refractivity contribution >= 4 is 22.7 Å². The van der Waals surface area contributed by atoms with Gasteiger partial charge in [-0.2, -0.15) is 0 Å². The molecule has 3 rings (SSSR count). The second kappa shape index (κ2) is 5.99. The van der Waals surface area contributed by atoms with Crippen LogP contribution in [0.5, 0.6) is 0 Å². The molecule has 2 aromatic rings. The van der Waals surface area contributed by atoms with Gasteiger partial charge in [0.25, 0.3) is 0 Å². The van der Waals surface area contributed by atoms with Gasteiger partial charge in [-0.1, -0.05) is 18.2 Å². The Labute approximate surface area is 118 Å². The van der Waals surface area contributed by atoms with E-state index in [1.54, 1.807) is 0 Å². The summed E-state index contributed by atoms with van der Waals surface area (Å²) in [6.45, 7) is 4.97. The Bertz CT molecular complexity index is 546. The molecule has 1 aliphatic rings. The highest BCUT2D eigenvalue weighted by molar-refractivity contribution is 7.99. The number of thioether (sulfide) groups is 1. The lowest BCUT2D eigenvalue weighted by atomic mass is 10.2. The molecule has 1 atom stereocenters. The molecule has 0 spiro atoms. The Kier molecular flexibility index (Phi) is 4.11. The zero-order valence-electron chi connectivity index (χ0n) is 11.2. The number of fused-ring (bicyclic) bond motifs is 1. The highest BCUT2D eigenvalue weighted by Gasteiger charge is 2.14. The van der Waals surface area contributed by atoms with Crippen LogP contribution in [-0.2, 0) is 4.74 Å². The average molecular weight is 276 g/mol. The van der Waals surface area contributed by atoms with Gasteiger partial charge in [0.05, 0.1) is 6.61 Å². The third-order valence-electron chi connectivity index (χ3n) is 3.55. The molecule has 0 saturated carbocycles. The summed E-state index contributed by atoms with van der Waals surface area (Å²) in [4.78, 5) is 4.84. The van der Waals surface area contributed by atoms with Crippen molar-refractivity contribution in [3.8, 4) is 0 Å². The van der Waals surface area contributed by atoms with Gasteiger partial charge in [-0.3, -0.25) is 0 Å². The summed E-state index contributed by atoms with van der Waals surface area (Å²) in [5, 5.41) is 4.90. The molecule has 1 aliphatic heterocycles. The number of nitrogens with one attached hydrogen (secondary N) is 2. The number of rotatable bonds is 5. The second-order valence-electron chi connectivity index (χ2n) is 4.99. The van der Waals surface area contributed by atoms with E-state index in [0.717, 1.165) is 31.9 Å². The van der Waals surface area contributed by atoms with E-state index in [1.165, 1.54) is 21.5 Å². The molecule has 1 fully saturated rings. The molecule has 4 heteroatoms. The van der Waals surface area contributed by atoms with Crippen LogP contribution in [0.2, 0.25) is 0 Å². The number of hydrogen-bond acceptors (Lipinski definition) is 3. The first kappa shape index (κ1) is 13.0. The van der Waals surface area contributed by atoms with Crippen LogP contribution in [-0.4, -0.2) is 36.5 Å². The lowest BCUT2D eigenvalue weighted by Gasteiger charge is -2.09. The average Bonchev–Trinajstić information content (AvgIpc) is 3.02. The smallest absolute Gasteiger partial charge is 0.0620 e. The summed E-state index contributed by atoms with van der Waals surface area (Å²) >= 11 is 1.93. The van der Waals surface area contributed by atoms with Crippen molar-refractivity contribution in [3.05, 3.63) is 30.0 Å². The fourth-order valence-electron chi connectivity index (χ4n) is 2.55. The maximum absolute atomic E-state index is 5.36. The van der Waals surface area contributed by atoms with Gasteiger partial charge in [0.15, 0.2) is 0 Å². The van der Waals surface area contributed by atoms with E-state index >= 15 is 0 Å². The number of ether oxygens (including phenoxy) is 1. The second-order valence-corrected chi connectivity index (χ2v) is 6.09. The molecule has 1 saturated heterocycles. The van der Waals surface area contributed by atoms with Crippen LogP contribution in [0.15, 0.2) is 29.2 Å². The number of aryl methyl sites for hydroxylation is 1. The first-order valence-electron chi connectivity index (χ1n) is 6.86. The predicted molar refractivity (Wildman–Crippen MR) is 81.0 cm³/mol. The van der Waals surface area contributed by atoms with Crippen molar-refractivity contribution < 1.29 is 4.74 Å². The minimum absolute atomic E-state index is 0.560. The SMILES string of the molecule is Cc1[nH]c2ccccc2c1SCCNC1CCOC1. The topological polar surface area (TPSA) is 37.0 Å². The molecular weight excluding hydrogens is 256 g/mol. The zero-order valence-corrected chi connectivity index (χ0v) is 12.1. The minimum Gasteiger partial charge on any atom is -0.380 e. The highest BCUT2D eigenvalue weighted by Crippen LogP contribution is 2.30. The number of benzene rings is 1. The van der Waals surface area contributed by atoms with Gasteiger partial charge < -0.3 is 15.0 Å². The van der Waals surface area contributed by atoms with Crippen LogP contribution in [0.4, 0.5) is 0 Å².